The van der Waals surface area contributed by atoms with E-state index in [4.69, 9.17) is 14.4 Å². The molecule has 0 unspecified atom stereocenters. The van der Waals surface area contributed by atoms with Crippen LogP contribution in [0.1, 0.15) is 65.4 Å². The Morgan fingerprint density at radius 2 is 1.69 bits per heavy atom. The van der Waals surface area contributed by atoms with E-state index in [1.807, 2.05) is 49.4 Å². The molecule has 4 aromatic rings. The maximum Gasteiger partial charge on any atom is 0.287 e. The predicted octanol–water partition coefficient (Wildman–Crippen LogP) is 7.17. The highest BCUT2D eigenvalue weighted by Crippen LogP contribution is 2.32. The van der Waals surface area contributed by atoms with Crippen molar-refractivity contribution < 1.29 is 22.7 Å². The number of anilines is 1. The molecule has 0 saturated carbocycles. The Bertz CT molecular complexity index is 1670. The van der Waals surface area contributed by atoms with Crippen molar-refractivity contribution in [2.45, 2.75) is 64.1 Å². The van der Waals surface area contributed by atoms with Crippen LogP contribution >= 0.6 is 0 Å². The third-order valence-electron chi connectivity index (χ3n) is 9.01. The summed E-state index contributed by atoms with van der Waals surface area (Å²) in [5.74, 6) is -2.00. The van der Waals surface area contributed by atoms with Crippen LogP contribution in [0.25, 0.3) is 11.0 Å². The number of aryl methyl sites for hydroxylation is 1. The van der Waals surface area contributed by atoms with Crippen molar-refractivity contribution in [3.63, 3.8) is 0 Å². The number of ether oxygens (including phenoxy) is 1. The van der Waals surface area contributed by atoms with Gasteiger partial charge in [0, 0.05) is 86.8 Å². The average Bonchev–Trinajstić information content (AvgIpc) is 3.38. The van der Waals surface area contributed by atoms with Crippen molar-refractivity contribution in [2.24, 2.45) is 0 Å². The van der Waals surface area contributed by atoms with Gasteiger partial charge < -0.3 is 19.4 Å². The zero-order valence-corrected chi connectivity index (χ0v) is 25.7. The Hall–Kier alpha value is -4.42. The van der Waals surface area contributed by atoms with Crippen LogP contribution in [0.4, 0.5) is 14.5 Å². The molecule has 0 atom stereocenters. The summed E-state index contributed by atoms with van der Waals surface area (Å²) in [6.45, 7) is 6.96. The molecule has 1 N–H and O–H groups in total. The van der Waals surface area contributed by atoms with Gasteiger partial charge in [-0.1, -0.05) is 24.3 Å². The molecule has 1 amide bonds. The van der Waals surface area contributed by atoms with Gasteiger partial charge in [-0.25, -0.2) is 8.78 Å². The van der Waals surface area contributed by atoms with Gasteiger partial charge in [-0.05, 0) is 61.7 Å². The van der Waals surface area contributed by atoms with Gasteiger partial charge >= 0.3 is 0 Å². The first-order valence-electron chi connectivity index (χ1n) is 15.6. The number of amides is 1. The third-order valence-corrected chi connectivity index (χ3v) is 9.01. The van der Waals surface area contributed by atoms with Crippen molar-refractivity contribution in [3.8, 4) is 11.8 Å². The Kier molecular flexibility index (Phi) is 8.77. The lowest BCUT2D eigenvalue weighted by molar-refractivity contribution is 0.0175. The van der Waals surface area contributed by atoms with Gasteiger partial charge in [0.05, 0.1) is 11.6 Å². The number of alkyl halides is 2. The fourth-order valence-corrected chi connectivity index (χ4v) is 6.31. The van der Waals surface area contributed by atoms with Crippen LogP contribution in [0, 0.1) is 18.3 Å². The summed E-state index contributed by atoms with van der Waals surface area (Å²) in [6, 6.07) is 22.2. The van der Waals surface area contributed by atoms with Gasteiger partial charge in [0.25, 0.3) is 11.8 Å². The maximum absolute atomic E-state index is 13.6. The maximum atomic E-state index is 13.6. The number of likely N-dealkylation sites (tertiary alicyclic amines) is 1. The third kappa shape index (κ3) is 7.12. The van der Waals surface area contributed by atoms with Gasteiger partial charge in [0.15, 0.2) is 5.76 Å². The molecule has 0 aliphatic carbocycles. The Morgan fingerprint density at radius 1 is 1.00 bits per heavy atom. The second-order valence-corrected chi connectivity index (χ2v) is 12.3. The Morgan fingerprint density at radius 3 is 2.33 bits per heavy atom. The molecule has 0 spiro atoms. The number of furan rings is 1. The van der Waals surface area contributed by atoms with E-state index in [1.54, 1.807) is 12.1 Å². The highest BCUT2D eigenvalue weighted by molar-refractivity contribution is 5.99. The van der Waals surface area contributed by atoms with E-state index >= 15 is 0 Å². The molecule has 0 radical (unpaired) electrons. The molecular weight excluding hydrogens is 574 g/mol. The Labute approximate surface area is 262 Å². The predicted molar refractivity (Wildman–Crippen MR) is 170 cm³/mol. The van der Waals surface area contributed by atoms with Crippen LogP contribution in [-0.2, 0) is 12.5 Å². The molecule has 234 valence electrons. The number of rotatable bonds is 8. The van der Waals surface area contributed by atoms with Gasteiger partial charge in [-0.3, -0.25) is 9.69 Å². The minimum Gasteiger partial charge on any atom is -0.490 e. The van der Waals surface area contributed by atoms with Crippen molar-refractivity contribution in [1.82, 2.24) is 10.2 Å². The van der Waals surface area contributed by atoms with E-state index in [2.05, 4.69) is 21.2 Å². The van der Waals surface area contributed by atoms with Crippen LogP contribution in [-0.4, -0.2) is 49.1 Å². The molecule has 2 aliphatic rings. The molecule has 3 aromatic carbocycles. The average molecular weight is 613 g/mol. The molecule has 1 aromatic heterocycles. The first kappa shape index (κ1) is 30.6. The van der Waals surface area contributed by atoms with Crippen LogP contribution in [0.3, 0.4) is 0 Å². The number of halogens is 2. The van der Waals surface area contributed by atoms with Crippen molar-refractivity contribution >= 4 is 22.6 Å². The quantitative estimate of drug-likeness (QED) is 0.227. The number of carbonyl (C=O) groups is 1. The Balaban J connectivity index is 1.00. The summed E-state index contributed by atoms with van der Waals surface area (Å²) in [5, 5.41) is 13.1. The van der Waals surface area contributed by atoms with Gasteiger partial charge in [0.2, 0.25) is 0 Å². The van der Waals surface area contributed by atoms with E-state index in [9.17, 15) is 13.6 Å². The number of fused-ring (bicyclic) bond motifs is 1. The first-order chi connectivity index (χ1) is 21.7. The summed E-state index contributed by atoms with van der Waals surface area (Å²) >= 11 is 0. The summed E-state index contributed by atoms with van der Waals surface area (Å²) in [7, 11) is 0. The summed E-state index contributed by atoms with van der Waals surface area (Å²) < 4.78 is 39.5. The molecule has 2 saturated heterocycles. The zero-order chi connectivity index (χ0) is 31.6. The molecule has 9 heteroatoms. The zero-order valence-electron chi connectivity index (χ0n) is 25.7. The molecule has 3 heterocycles. The number of carbonyl (C=O) groups excluding carboxylic acids is 1. The second-order valence-electron chi connectivity index (χ2n) is 12.3. The molecular formula is C36H38F2N4O3. The van der Waals surface area contributed by atoms with Crippen molar-refractivity contribution in [3.05, 3.63) is 94.7 Å². The van der Waals surface area contributed by atoms with Crippen LogP contribution < -0.4 is 15.0 Å². The molecule has 2 aliphatic heterocycles. The van der Waals surface area contributed by atoms with Crippen LogP contribution in [0.15, 0.2) is 71.1 Å². The van der Waals surface area contributed by atoms with Crippen LogP contribution in [0.5, 0.6) is 5.75 Å². The molecule has 7 nitrogen and oxygen atoms in total. The van der Waals surface area contributed by atoms with E-state index in [1.165, 1.54) is 17.7 Å². The molecule has 6 rings (SSSR count). The largest absolute Gasteiger partial charge is 0.490 e. The van der Waals surface area contributed by atoms with Crippen molar-refractivity contribution in [1.29, 1.82) is 5.26 Å². The van der Waals surface area contributed by atoms with Crippen molar-refractivity contribution in [2.75, 3.05) is 31.1 Å². The molecule has 0 bridgehead atoms. The minimum atomic E-state index is -2.84. The first-order valence-corrected chi connectivity index (χ1v) is 15.6. The lowest BCUT2D eigenvalue weighted by atomic mass is 10.0. The molecule has 45 heavy (non-hydrogen) atoms. The minimum absolute atomic E-state index is 0.0198. The number of benzene rings is 3. The van der Waals surface area contributed by atoms with E-state index in [0.717, 1.165) is 82.0 Å². The number of hydrogen-bond acceptors (Lipinski definition) is 6. The number of nitrogens with zero attached hydrogens (tertiary/aromatic N) is 3. The summed E-state index contributed by atoms with van der Waals surface area (Å²) in [5.41, 5.74) is 4.24. The lowest BCUT2D eigenvalue weighted by Gasteiger charge is -2.34. The summed E-state index contributed by atoms with van der Waals surface area (Å²) in [6.07, 6.45) is 3.36. The number of nitrogens with one attached hydrogen (secondary N) is 1. The smallest absolute Gasteiger partial charge is 0.287 e. The number of hydrogen-bond donors (Lipinski definition) is 1. The monoisotopic (exact) mass is 612 g/mol. The van der Waals surface area contributed by atoms with E-state index in [-0.39, 0.29) is 23.6 Å². The number of nitriles is 1. The van der Waals surface area contributed by atoms with Gasteiger partial charge in [0.1, 0.15) is 17.4 Å². The van der Waals surface area contributed by atoms with Crippen LogP contribution in [0.2, 0.25) is 0 Å². The highest BCUT2D eigenvalue weighted by Gasteiger charge is 2.27. The highest BCUT2D eigenvalue weighted by atomic mass is 19.3. The topological polar surface area (TPSA) is 81.7 Å². The number of piperidine rings is 2. The van der Waals surface area contributed by atoms with Gasteiger partial charge in [-0.2, -0.15) is 5.26 Å². The normalized spacial score (nSPS) is 16.9. The molecule has 2 fully saturated rings. The van der Waals surface area contributed by atoms with E-state index < -0.39 is 5.92 Å². The lowest BCUT2D eigenvalue weighted by Crippen LogP contribution is -2.44. The van der Waals surface area contributed by atoms with E-state index in [0.29, 0.717) is 22.7 Å². The standard InChI is InChI=1S/C36H38F2N4O3/c1-24-32-12-11-31(44-30-15-19-42(20-16-30)29-9-7-27(8-10-29)36(2,37)38)21-33(32)45-34(24)35(43)40-28-13-17-41(18-14-28)23-26-5-3-25(22-39)4-6-26/h3-12,21,28,30H,13-20,23H2,1-2H3,(H,40,43). The summed E-state index contributed by atoms with van der Waals surface area (Å²) in [4.78, 5) is 17.8. The fraction of sp³-hybridized carbons (Fsp3) is 0.389. The second kappa shape index (κ2) is 12.9. The SMILES string of the molecule is Cc1c(C(=O)NC2CCN(Cc3ccc(C#N)cc3)CC2)oc2cc(OC3CCN(c4ccc(C(C)(F)F)cc4)CC3)ccc12. The fourth-order valence-electron chi connectivity index (χ4n) is 6.31. The van der Waals surface area contributed by atoms with Gasteiger partial charge in [-0.15, -0.1) is 0 Å².